The summed E-state index contributed by atoms with van der Waals surface area (Å²) in [6.07, 6.45) is 3.00. The average molecular weight is 322 g/mol. The molecule has 1 aromatic carbocycles. The molecule has 0 bridgehead atoms. The minimum Gasteiger partial charge on any atom is -0.342 e. The van der Waals surface area contributed by atoms with E-state index in [1.54, 1.807) is 22.6 Å². The van der Waals surface area contributed by atoms with Crippen LogP contribution in [0.3, 0.4) is 0 Å². The Bertz CT molecular complexity index is 1050. The third kappa shape index (κ3) is 2.29. The van der Waals surface area contributed by atoms with Crippen molar-refractivity contribution in [1.29, 1.82) is 0 Å². The summed E-state index contributed by atoms with van der Waals surface area (Å²) in [7, 11) is 1.79. The van der Waals surface area contributed by atoms with E-state index < -0.39 is 0 Å². The largest absolute Gasteiger partial charge is 0.342 e. The molecule has 0 unspecified atom stereocenters. The van der Waals surface area contributed by atoms with Crippen LogP contribution < -0.4 is 5.56 Å². The summed E-state index contributed by atoms with van der Waals surface area (Å²) in [6, 6.07) is 7.90. The van der Waals surface area contributed by atoms with Crippen molar-refractivity contribution in [2.75, 3.05) is 0 Å². The minimum atomic E-state index is -0.0641. The zero-order valence-electron chi connectivity index (χ0n) is 13.7. The number of aryl methyl sites for hydroxylation is 4. The minimum absolute atomic E-state index is 0.0641. The van der Waals surface area contributed by atoms with Crippen LogP contribution in [0.1, 0.15) is 18.4 Å². The number of imidazole rings is 1. The van der Waals surface area contributed by atoms with E-state index in [9.17, 15) is 4.79 Å². The van der Waals surface area contributed by atoms with Crippen LogP contribution in [-0.4, -0.2) is 29.3 Å². The molecule has 0 fully saturated rings. The maximum atomic E-state index is 12.7. The van der Waals surface area contributed by atoms with Gasteiger partial charge in [-0.3, -0.25) is 14.0 Å². The van der Waals surface area contributed by atoms with Crippen LogP contribution in [0.15, 0.2) is 35.4 Å². The molecule has 24 heavy (non-hydrogen) atoms. The van der Waals surface area contributed by atoms with Crippen molar-refractivity contribution in [3.05, 3.63) is 52.5 Å². The van der Waals surface area contributed by atoms with E-state index in [0.29, 0.717) is 24.0 Å². The first kappa shape index (κ1) is 14.6. The van der Waals surface area contributed by atoms with Gasteiger partial charge < -0.3 is 4.98 Å². The summed E-state index contributed by atoms with van der Waals surface area (Å²) in [5.41, 5.74) is 3.99. The summed E-state index contributed by atoms with van der Waals surface area (Å²) in [5.74, 6) is 0.863. The van der Waals surface area contributed by atoms with E-state index in [-0.39, 0.29) is 5.56 Å². The number of H-pyrrole nitrogens is 1. The maximum absolute atomic E-state index is 12.7. The molecule has 122 valence electrons. The predicted molar refractivity (Wildman–Crippen MR) is 91.9 cm³/mol. The van der Waals surface area contributed by atoms with E-state index in [4.69, 9.17) is 0 Å². The van der Waals surface area contributed by atoms with Gasteiger partial charge in [-0.05, 0) is 18.6 Å². The monoisotopic (exact) mass is 322 g/mol. The number of rotatable bonds is 4. The number of nitrogens with zero attached hydrogens (tertiary/aromatic N) is 5. The van der Waals surface area contributed by atoms with Crippen LogP contribution in [0.2, 0.25) is 0 Å². The van der Waals surface area contributed by atoms with Crippen molar-refractivity contribution in [3.8, 4) is 0 Å². The Morgan fingerprint density at radius 2 is 2.08 bits per heavy atom. The second kappa shape index (κ2) is 5.59. The molecule has 7 heteroatoms. The number of nitrogens with one attached hydrogen (secondary N) is 1. The Kier molecular flexibility index (Phi) is 3.41. The Hall–Kier alpha value is -2.96. The number of aromatic amines is 1. The molecule has 7 nitrogen and oxygen atoms in total. The van der Waals surface area contributed by atoms with Gasteiger partial charge in [-0.1, -0.05) is 19.1 Å². The molecule has 0 aliphatic carbocycles. The molecular formula is C17H18N6O. The molecule has 0 amide bonds. The topological polar surface area (TPSA) is 81.4 Å². The molecule has 0 radical (unpaired) electrons. The van der Waals surface area contributed by atoms with Gasteiger partial charge in [-0.25, -0.2) is 9.97 Å². The van der Waals surface area contributed by atoms with Crippen LogP contribution in [0.5, 0.6) is 0 Å². The fraction of sp³-hybridized carbons (Fsp3) is 0.294. The molecule has 3 aromatic heterocycles. The van der Waals surface area contributed by atoms with Gasteiger partial charge in [0.15, 0.2) is 5.52 Å². The molecule has 0 spiro atoms. The number of hydrogen-bond donors (Lipinski definition) is 1. The summed E-state index contributed by atoms with van der Waals surface area (Å²) >= 11 is 0. The third-order valence-corrected chi connectivity index (χ3v) is 4.24. The van der Waals surface area contributed by atoms with Gasteiger partial charge in [0.2, 0.25) is 0 Å². The first-order valence-corrected chi connectivity index (χ1v) is 8.02. The van der Waals surface area contributed by atoms with Crippen LogP contribution >= 0.6 is 0 Å². The smallest absolute Gasteiger partial charge is 0.279 e. The number of hydrogen-bond acceptors (Lipinski definition) is 4. The fourth-order valence-electron chi connectivity index (χ4n) is 3.01. The highest BCUT2D eigenvalue weighted by Crippen LogP contribution is 2.13. The number of benzene rings is 1. The first-order valence-electron chi connectivity index (χ1n) is 8.02. The fourth-order valence-corrected chi connectivity index (χ4v) is 3.01. The summed E-state index contributed by atoms with van der Waals surface area (Å²) < 4.78 is 3.25. The van der Waals surface area contributed by atoms with Crippen molar-refractivity contribution >= 4 is 22.1 Å². The van der Waals surface area contributed by atoms with Gasteiger partial charge in [0.1, 0.15) is 11.3 Å². The second-order valence-corrected chi connectivity index (χ2v) is 5.81. The maximum Gasteiger partial charge on any atom is 0.279 e. The highest BCUT2D eigenvalue weighted by atomic mass is 16.1. The van der Waals surface area contributed by atoms with Crippen LogP contribution in [0.25, 0.3) is 22.1 Å². The van der Waals surface area contributed by atoms with Crippen LogP contribution in [0, 0.1) is 0 Å². The molecule has 0 aliphatic rings. The van der Waals surface area contributed by atoms with E-state index >= 15 is 0 Å². The van der Waals surface area contributed by atoms with Gasteiger partial charge >= 0.3 is 0 Å². The normalized spacial score (nSPS) is 11.6. The van der Waals surface area contributed by atoms with Gasteiger partial charge in [-0.2, -0.15) is 5.10 Å². The summed E-state index contributed by atoms with van der Waals surface area (Å²) in [5, 5.41) is 4.38. The zero-order chi connectivity index (χ0) is 16.7. The Labute approximate surface area is 138 Å². The number of fused-ring (bicyclic) bond motifs is 2. The molecule has 0 saturated carbocycles. The van der Waals surface area contributed by atoms with E-state index in [2.05, 4.69) is 20.1 Å². The molecule has 0 atom stereocenters. The van der Waals surface area contributed by atoms with Gasteiger partial charge in [-0.15, -0.1) is 0 Å². The average Bonchev–Trinajstić information content (AvgIpc) is 3.15. The van der Waals surface area contributed by atoms with Crippen molar-refractivity contribution in [1.82, 2.24) is 29.3 Å². The highest BCUT2D eigenvalue weighted by Gasteiger charge is 2.14. The lowest BCUT2D eigenvalue weighted by atomic mass is 10.3. The lowest BCUT2D eigenvalue weighted by molar-refractivity contribution is 0.643. The molecule has 0 aliphatic heterocycles. The Balaban J connectivity index is 1.66. The van der Waals surface area contributed by atoms with Crippen molar-refractivity contribution in [2.24, 2.45) is 7.05 Å². The Morgan fingerprint density at radius 3 is 2.88 bits per heavy atom. The molecule has 3 heterocycles. The predicted octanol–water partition coefficient (Wildman–Crippen LogP) is 1.81. The molecule has 4 rings (SSSR count). The van der Waals surface area contributed by atoms with Crippen molar-refractivity contribution < 1.29 is 0 Å². The van der Waals surface area contributed by atoms with Crippen LogP contribution in [0.4, 0.5) is 0 Å². The van der Waals surface area contributed by atoms with Gasteiger partial charge in [0.05, 0.1) is 23.1 Å². The van der Waals surface area contributed by atoms with E-state index in [1.165, 1.54) is 0 Å². The van der Waals surface area contributed by atoms with Gasteiger partial charge in [0.25, 0.3) is 5.56 Å². The molecule has 0 saturated heterocycles. The number of aromatic nitrogens is 6. The van der Waals surface area contributed by atoms with Crippen molar-refractivity contribution in [2.45, 2.75) is 26.3 Å². The molecular weight excluding hydrogens is 304 g/mol. The standard InChI is InChI=1S/C17H18N6O/c1-3-11-15-16(22(2)21-11)17(24)23(10-18-15)9-8-14-19-12-6-4-5-7-13(12)20-14/h4-7,10H,3,8-9H2,1-2H3,(H,19,20). The quantitative estimate of drug-likeness (QED) is 0.621. The van der Waals surface area contributed by atoms with E-state index in [1.807, 2.05) is 31.2 Å². The lowest BCUT2D eigenvalue weighted by Gasteiger charge is -2.04. The highest BCUT2D eigenvalue weighted by molar-refractivity contribution is 5.76. The first-order chi connectivity index (χ1) is 11.7. The van der Waals surface area contributed by atoms with Crippen LogP contribution in [-0.2, 0) is 26.4 Å². The van der Waals surface area contributed by atoms with Gasteiger partial charge in [0, 0.05) is 20.0 Å². The third-order valence-electron chi connectivity index (χ3n) is 4.24. The van der Waals surface area contributed by atoms with E-state index in [0.717, 1.165) is 29.0 Å². The zero-order valence-corrected chi connectivity index (χ0v) is 13.7. The summed E-state index contributed by atoms with van der Waals surface area (Å²) in [4.78, 5) is 25.0. The second-order valence-electron chi connectivity index (χ2n) is 5.81. The SMILES string of the molecule is CCc1nn(C)c2c(=O)n(CCc3nc4ccccc4[nH]3)cnc12. The molecule has 4 aromatic rings. The molecule has 1 N–H and O–H groups in total. The summed E-state index contributed by atoms with van der Waals surface area (Å²) in [6.45, 7) is 2.53. The number of para-hydroxylation sites is 2. The van der Waals surface area contributed by atoms with Crippen molar-refractivity contribution in [3.63, 3.8) is 0 Å². The Morgan fingerprint density at radius 1 is 1.25 bits per heavy atom. The lowest BCUT2D eigenvalue weighted by Crippen LogP contribution is -2.23.